The topological polar surface area (TPSA) is 85.6 Å². The number of amides is 1. The second-order valence-corrected chi connectivity index (χ2v) is 6.97. The lowest BCUT2D eigenvalue weighted by Gasteiger charge is -2.07. The van der Waals surface area contributed by atoms with Gasteiger partial charge in [-0.2, -0.15) is 0 Å². The Kier molecular flexibility index (Phi) is 4.47. The first-order valence-corrected chi connectivity index (χ1v) is 9.16. The molecule has 1 N–H and O–H groups in total. The molecule has 1 amide bonds. The molecule has 4 rings (SSSR count). The molecular formula is C19H16N6OS. The monoisotopic (exact) mass is 376 g/mol. The number of aryl methyl sites for hydroxylation is 2. The summed E-state index contributed by atoms with van der Waals surface area (Å²) >= 11 is 1.40. The van der Waals surface area contributed by atoms with Gasteiger partial charge in [0.1, 0.15) is 6.33 Å². The lowest BCUT2D eigenvalue weighted by molar-refractivity contribution is 0.102. The Labute approximate surface area is 159 Å². The summed E-state index contributed by atoms with van der Waals surface area (Å²) in [4.78, 5) is 17.1. The number of hydrogen-bond acceptors (Lipinski definition) is 6. The average molecular weight is 376 g/mol. The third-order valence-electron chi connectivity index (χ3n) is 4.13. The minimum Gasteiger partial charge on any atom is -0.298 e. The molecule has 2 aromatic heterocycles. The van der Waals surface area contributed by atoms with E-state index in [2.05, 4.69) is 25.8 Å². The Morgan fingerprint density at radius 2 is 1.93 bits per heavy atom. The first-order chi connectivity index (χ1) is 13.1. The van der Waals surface area contributed by atoms with Crippen LogP contribution in [0.25, 0.3) is 16.9 Å². The van der Waals surface area contributed by atoms with Crippen molar-refractivity contribution in [2.45, 2.75) is 13.8 Å². The van der Waals surface area contributed by atoms with Gasteiger partial charge in [0, 0.05) is 16.5 Å². The van der Waals surface area contributed by atoms with Crippen LogP contribution in [0, 0.1) is 13.8 Å². The molecule has 0 spiro atoms. The predicted octanol–water partition coefficient (Wildman–Crippen LogP) is 3.65. The Hall–Kier alpha value is -3.39. The van der Waals surface area contributed by atoms with Gasteiger partial charge in [0.2, 0.25) is 0 Å². The standard InChI is InChI=1S/C19H16N6OS/c1-12-3-5-14(6-4-12)16-10-27-19(21-16)22-18(26)15-7-8-17(13(2)9-15)25-11-20-23-24-25/h3-11H,1-2H3,(H,21,22,26). The third-order valence-corrected chi connectivity index (χ3v) is 4.88. The van der Waals surface area contributed by atoms with Crippen molar-refractivity contribution < 1.29 is 4.79 Å². The second-order valence-electron chi connectivity index (χ2n) is 6.11. The molecule has 0 unspecified atom stereocenters. The second kappa shape index (κ2) is 7.08. The molecule has 0 fully saturated rings. The normalized spacial score (nSPS) is 10.7. The van der Waals surface area contributed by atoms with E-state index in [1.165, 1.54) is 23.2 Å². The average Bonchev–Trinajstić information content (AvgIpc) is 3.34. The molecule has 0 saturated heterocycles. The van der Waals surface area contributed by atoms with Crippen molar-refractivity contribution in [3.8, 4) is 16.9 Å². The van der Waals surface area contributed by atoms with Crippen molar-refractivity contribution in [1.82, 2.24) is 25.2 Å². The maximum atomic E-state index is 12.6. The van der Waals surface area contributed by atoms with E-state index in [-0.39, 0.29) is 5.91 Å². The number of hydrogen-bond donors (Lipinski definition) is 1. The fourth-order valence-electron chi connectivity index (χ4n) is 2.68. The predicted molar refractivity (Wildman–Crippen MR) is 104 cm³/mol. The molecule has 4 aromatic rings. The zero-order chi connectivity index (χ0) is 18.8. The minimum atomic E-state index is -0.203. The maximum Gasteiger partial charge on any atom is 0.257 e. The summed E-state index contributed by atoms with van der Waals surface area (Å²) in [6.45, 7) is 3.95. The number of benzene rings is 2. The highest BCUT2D eigenvalue weighted by atomic mass is 32.1. The number of nitrogens with one attached hydrogen (secondary N) is 1. The van der Waals surface area contributed by atoms with E-state index in [4.69, 9.17) is 0 Å². The summed E-state index contributed by atoms with van der Waals surface area (Å²) in [7, 11) is 0. The molecule has 8 heteroatoms. The summed E-state index contributed by atoms with van der Waals surface area (Å²) in [6, 6.07) is 13.5. The van der Waals surface area contributed by atoms with E-state index in [1.54, 1.807) is 16.8 Å². The molecule has 7 nitrogen and oxygen atoms in total. The fraction of sp³-hybridized carbons (Fsp3) is 0.105. The summed E-state index contributed by atoms with van der Waals surface area (Å²) in [5, 5.41) is 16.5. The summed E-state index contributed by atoms with van der Waals surface area (Å²) in [5.41, 5.74) is 5.35. The maximum absolute atomic E-state index is 12.6. The van der Waals surface area contributed by atoms with Crippen LogP contribution in [0.15, 0.2) is 54.2 Å². The highest BCUT2D eigenvalue weighted by Gasteiger charge is 2.12. The molecule has 0 bridgehead atoms. The lowest BCUT2D eigenvalue weighted by Crippen LogP contribution is -2.12. The quantitative estimate of drug-likeness (QED) is 0.587. The van der Waals surface area contributed by atoms with E-state index >= 15 is 0 Å². The number of nitrogens with zero attached hydrogens (tertiary/aromatic N) is 5. The Morgan fingerprint density at radius 3 is 2.63 bits per heavy atom. The molecule has 0 aliphatic rings. The molecule has 0 radical (unpaired) electrons. The number of anilines is 1. The Balaban J connectivity index is 1.51. The van der Waals surface area contributed by atoms with Gasteiger partial charge in [-0.1, -0.05) is 29.8 Å². The molecule has 27 heavy (non-hydrogen) atoms. The summed E-state index contributed by atoms with van der Waals surface area (Å²) in [5.74, 6) is -0.203. The summed E-state index contributed by atoms with van der Waals surface area (Å²) < 4.78 is 1.56. The van der Waals surface area contributed by atoms with Gasteiger partial charge in [0.25, 0.3) is 5.91 Å². The molecular weight excluding hydrogens is 360 g/mol. The number of tetrazole rings is 1. The van der Waals surface area contributed by atoms with Gasteiger partial charge in [0.05, 0.1) is 11.4 Å². The van der Waals surface area contributed by atoms with E-state index < -0.39 is 0 Å². The van der Waals surface area contributed by atoms with Gasteiger partial charge in [-0.3, -0.25) is 10.1 Å². The molecule has 134 valence electrons. The van der Waals surface area contributed by atoms with E-state index in [1.807, 2.05) is 49.6 Å². The van der Waals surface area contributed by atoms with Gasteiger partial charge >= 0.3 is 0 Å². The molecule has 2 heterocycles. The summed E-state index contributed by atoms with van der Waals surface area (Å²) in [6.07, 6.45) is 1.52. The first kappa shape index (κ1) is 17.0. The zero-order valence-corrected chi connectivity index (χ0v) is 15.6. The van der Waals surface area contributed by atoms with E-state index in [0.29, 0.717) is 10.7 Å². The highest BCUT2D eigenvalue weighted by molar-refractivity contribution is 7.14. The number of carbonyl (C=O) groups is 1. The van der Waals surface area contributed by atoms with Crippen molar-refractivity contribution in [3.63, 3.8) is 0 Å². The van der Waals surface area contributed by atoms with Crippen molar-refractivity contribution >= 4 is 22.4 Å². The van der Waals surface area contributed by atoms with E-state index in [0.717, 1.165) is 22.5 Å². The SMILES string of the molecule is Cc1ccc(-c2csc(NC(=O)c3ccc(-n4cnnn4)c(C)c3)n2)cc1. The molecule has 2 aromatic carbocycles. The number of thiazole rings is 1. The van der Waals surface area contributed by atoms with E-state index in [9.17, 15) is 4.79 Å². The van der Waals surface area contributed by atoms with Gasteiger partial charge in [0.15, 0.2) is 5.13 Å². The number of aromatic nitrogens is 5. The Bertz CT molecular complexity index is 1090. The zero-order valence-electron chi connectivity index (χ0n) is 14.7. The number of carbonyl (C=O) groups excluding carboxylic acids is 1. The smallest absolute Gasteiger partial charge is 0.257 e. The van der Waals surface area contributed by atoms with Crippen LogP contribution in [0.3, 0.4) is 0 Å². The van der Waals surface area contributed by atoms with Crippen LogP contribution in [-0.4, -0.2) is 31.1 Å². The van der Waals surface area contributed by atoms with Crippen LogP contribution in [0.5, 0.6) is 0 Å². The van der Waals surface area contributed by atoms with Crippen molar-refractivity contribution in [3.05, 3.63) is 70.9 Å². The van der Waals surface area contributed by atoms with Crippen LogP contribution in [-0.2, 0) is 0 Å². The van der Waals surface area contributed by atoms with Crippen molar-refractivity contribution in [1.29, 1.82) is 0 Å². The van der Waals surface area contributed by atoms with Gasteiger partial charge in [-0.25, -0.2) is 9.67 Å². The van der Waals surface area contributed by atoms with Crippen LogP contribution >= 0.6 is 11.3 Å². The minimum absolute atomic E-state index is 0.203. The molecule has 0 atom stereocenters. The Morgan fingerprint density at radius 1 is 1.11 bits per heavy atom. The fourth-order valence-corrected chi connectivity index (χ4v) is 3.40. The number of rotatable bonds is 4. The first-order valence-electron chi connectivity index (χ1n) is 8.28. The van der Waals surface area contributed by atoms with Crippen molar-refractivity contribution in [2.24, 2.45) is 0 Å². The van der Waals surface area contributed by atoms with Crippen LogP contribution in [0.2, 0.25) is 0 Å². The third kappa shape index (κ3) is 3.61. The highest BCUT2D eigenvalue weighted by Crippen LogP contribution is 2.25. The van der Waals surface area contributed by atoms with Gasteiger partial charge in [-0.15, -0.1) is 16.4 Å². The van der Waals surface area contributed by atoms with Crippen molar-refractivity contribution in [2.75, 3.05) is 5.32 Å². The lowest BCUT2D eigenvalue weighted by atomic mass is 10.1. The van der Waals surface area contributed by atoms with Gasteiger partial charge in [-0.05, 0) is 48.0 Å². The molecule has 0 aliphatic heterocycles. The molecule has 0 saturated carbocycles. The molecule has 0 aliphatic carbocycles. The van der Waals surface area contributed by atoms with Gasteiger partial charge < -0.3 is 0 Å². The van der Waals surface area contributed by atoms with Crippen LogP contribution in [0.4, 0.5) is 5.13 Å². The van der Waals surface area contributed by atoms with Crippen LogP contribution < -0.4 is 5.32 Å². The largest absolute Gasteiger partial charge is 0.298 e. The van der Waals surface area contributed by atoms with Crippen LogP contribution in [0.1, 0.15) is 21.5 Å².